The summed E-state index contributed by atoms with van der Waals surface area (Å²) in [6.07, 6.45) is 4.92. The molecule has 4 rings (SSSR count). The molecule has 29 heavy (non-hydrogen) atoms. The molecule has 1 amide bonds. The smallest absolute Gasteiger partial charge is 0.248 e. The summed E-state index contributed by atoms with van der Waals surface area (Å²) in [7, 11) is 2.12. The molecule has 1 spiro atoms. The lowest BCUT2D eigenvalue weighted by Gasteiger charge is -2.47. The minimum atomic E-state index is -0.564. The van der Waals surface area contributed by atoms with Crippen LogP contribution < -0.4 is 27.0 Å². The van der Waals surface area contributed by atoms with Gasteiger partial charge in [-0.25, -0.2) is 4.99 Å². The average Bonchev–Trinajstić information content (AvgIpc) is 2.68. The zero-order valence-corrected chi connectivity index (χ0v) is 17.0. The number of guanidine groups is 2. The first-order valence-electron chi connectivity index (χ1n) is 10.3. The molecule has 1 aromatic rings. The van der Waals surface area contributed by atoms with Crippen LogP contribution in [-0.2, 0) is 0 Å². The Labute approximate surface area is 171 Å². The number of amides is 1. The second kappa shape index (κ2) is 7.55. The highest BCUT2D eigenvalue weighted by Gasteiger charge is 2.44. The largest absolute Gasteiger partial charge is 0.369 e. The van der Waals surface area contributed by atoms with Crippen molar-refractivity contribution in [1.82, 2.24) is 4.90 Å². The van der Waals surface area contributed by atoms with Crippen molar-refractivity contribution in [3.05, 3.63) is 23.8 Å². The molecule has 1 saturated heterocycles. The molecule has 1 saturated carbocycles. The Morgan fingerprint density at radius 2 is 1.72 bits per heavy atom. The van der Waals surface area contributed by atoms with Crippen LogP contribution in [0.2, 0.25) is 0 Å². The molecule has 0 unspecified atom stereocenters. The normalized spacial score (nSPS) is 22.4. The number of carbonyl (C=O) groups is 1. The number of carbonyl (C=O) groups excluding carboxylic acids is 1. The number of anilines is 2. The Morgan fingerprint density at radius 3 is 2.38 bits per heavy atom. The van der Waals surface area contributed by atoms with Gasteiger partial charge in [-0.15, -0.1) is 0 Å². The van der Waals surface area contributed by atoms with E-state index in [1.807, 2.05) is 17.0 Å². The van der Waals surface area contributed by atoms with Crippen LogP contribution in [0.15, 0.2) is 28.2 Å². The third-order valence-electron chi connectivity index (χ3n) is 6.20. The van der Waals surface area contributed by atoms with Crippen molar-refractivity contribution in [2.45, 2.75) is 37.8 Å². The molecular weight excluding hydrogens is 368 g/mol. The molecule has 156 valence electrons. The molecule has 9 nitrogen and oxygen atoms in total. The second-order valence-corrected chi connectivity index (χ2v) is 8.18. The van der Waals surface area contributed by atoms with E-state index in [0.717, 1.165) is 69.7 Å². The van der Waals surface area contributed by atoms with Crippen LogP contribution in [0.1, 0.15) is 42.5 Å². The van der Waals surface area contributed by atoms with Crippen LogP contribution in [0.5, 0.6) is 0 Å². The number of piperazine rings is 1. The lowest BCUT2D eigenvalue weighted by molar-refractivity contribution is 0.1000. The fourth-order valence-corrected chi connectivity index (χ4v) is 4.64. The molecule has 2 fully saturated rings. The lowest BCUT2D eigenvalue weighted by Crippen LogP contribution is -2.58. The average molecular weight is 399 g/mol. The molecule has 0 aromatic heterocycles. The van der Waals surface area contributed by atoms with E-state index in [9.17, 15) is 4.79 Å². The molecule has 9 heteroatoms. The molecule has 1 aromatic carbocycles. The summed E-state index contributed by atoms with van der Waals surface area (Å²) >= 11 is 0. The Hall–Kier alpha value is -2.81. The van der Waals surface area contributed by atoms with Gasteiger partial charge in [-0.05, 0) is 50.9 Å². The van der Waals surface area contributed by atoms with Crippen molar-refractivity contribution in [2.24, 2.45) is 27.2 Å². The SMILES string of the molecule is CN1CCN(c2ccc(C(N)=O)cc2N2C(N)=NC(N)=NC23CCCCC3)CC1. The first-order chi connectivity index (χ1) is 13.9. The van der Waals surface area contributed by atoms with E-state index in [2.05, 4.69) is 21.8 Å². The van der Waals surface area contributed by atoms with Crippen molar-refractivity contribution in [2.75, 3.05) is 43.0 Å². The Kier molecular flexibility index (Phi) is 5.08. The maximum Gasteiger partial charge on any atom is 0.248 e. The molecular formula is C20H30N8O. The number of hydrogen-bond acceptors (Lipinski definition) is 8. The van der Waals surface area contributed by atoms with Crippen molar-refractivity contribution in [1.29, 1.82) is 0 Å². The Balaban J connectivity index is 1.83. The number of likely N-dealkylation sites (N-methyl/N-ethyl adjacent to an activating group) is 1. The number of primary amides is 1. The number of hydrogen-bond donors (Lipinski definition) is 3. The van der Waals surface area contributed by atoms with Crippen LogP contribution in [0.4, 0.5) is 11.4 Å². The van der Waals surface area contributed by atoms with E-state index < -0.39 is 11.6 Å². The predicted molar refractivity (Wildman–Crippen MR) is 116 cm³/mol. The van der Waals surface area contributed by atoms with E-state index in [1.54, 1.807) is 6.07 Å². The fraction of sp³-hybridized carbons (Fsp3) is 0.550. The van der Waals surface area contributed by atoms with Crippen LogP contribution >= 0.6 is 0 Å². The van der Waals surface area contributed by atoms with Crippen LogP contribution in [0, 0.1) is 0 Å². The lowest BCUT2D eigenvalue weighted by atomic mass is 9.87. The fourth-order valence-electron chi connectivity index (χ4n) is 4.64. The highest BCUT2D eigenvalue weighted by molar-refractivity contribution is 6.08. The Bertz CT molecular complexity index is 850. The second-order valence-electron chi connectivity index (χ2n) is 8.18. The zero-order valence-electron chi connectivity index (χ0n) is 17.0. The van der Waals surface area contributed by atoms with E-state index in [-0.39, 0.29) is 5.96 Å². The molecule has 2 heterocycles. The van der Waals surface area contributed by atoms with Crippen molar-refractivity contribution >= 4 is 29.2 Å². The van der Waals surface area contributed by atoms with Gasteiger partial charge in [-0.1, -0.05) is 6.42 Å². The zero-order chi connectivity index (χ0) is 20.6. The number of benzene rings is 1. The van der Waals surface area contributed by atoms with Gasteiger partial charge in [-0.3, -0.25) is 9.69 Å². The summed E-state index contributed by atoms with van der Waals surface area (Å²) in [6, 6.07) is 5.57. The maximum atomic E-state index is 11.9. The highest BCUT2D eigenvalue weighted by Crippen LogP contribution is 2.43. The van der Waals surface area contributed by atoms with Gasteiger partial charge in [0.05, 0.1) is 11.4 Å². The first-order valence-corrected chi connectivity index (χ1v) is 10.3. The van der Waals surface area contributed by atoms with Gasteiger partial charge in [0.2, 0.25) is 17.8 Å². The van der Waals surface area contributed by atoms with Crippen molar-refractivity contribution in [3.63, 3.8) is 0 Å². The van der Waals surface area contributed by atoms with E-state index in [1.165, 1.54) is 0 Å². The Morgan fingerprint density at radius 1 is 1.03 bits per heavy atom. The molecule has 6 N–H and O–H groups in total. The highest BCUT2D eigenvalue weighted by atomic mass is 16.1. The van der Waals surface area contributed by atoms with E-state index >= 15 is 0 Å². The van der Waals surface area contributed by atoms with Gasteiger partial charge >= 0.3 is 0 Å². The molecule has 0 bridgehead atoms. The third-order valence-corrected chi connectivity index (χ3v) is 6.20. The first kappa shape index (κ1) is 19.5. The van der Waals surface area contributed by atoms with Crippen LogP contribution in [0.25, 0.3) is 0 Å². The van der Waals surface area contributed by atoms with Crippen LogP contribution in [0.3, 0.4) is 0 Å². The van der Waals surface area contributed by atoms with E-state index in [0.29, 0.717) is 11.5 Å². The van der Waals surface area contributed by atoms with Gasteiger partial charge in [0.25, 0.3) is 0 Å². The van der Waals surface area contributed by atoms with Crippen molar-refractivity contribution < 1.29 is 4.79 Å². The van der Waals surface area contributed by atoms with Gasteiger partial charge in [0.15, 0.2) is 0 Å². The summed E-state index contributed by atoms with van der Waals surface area (Å²) < 4.78 is 0. The molecule has 0 atom stereocenters. The van der Waals surface area contributed by atoms with Gasteiger partial charge in [-0.2, -0.15) is 4.99 Å². The number of aliphatic imine (C=N–C) groups is 2. The minimum absolute atomic E-state index is 0.216. The number of rotatable bonds is 3. The summed E-state index contributed by atoms with van der Waals surface area (Å²) in [6.45, 7) is 3.72. The molecule has 3 aliphatic rings. The van der Waals surface area contributed by atoms with Gasteiger partial charge < -0.3 is 27.0 Å². The number of nitrogens with two attached hydrogens (primary N) is 3. The maximum absolute atomic E-state index is 11.9. The summed E-state index contributed by atoms with van der Waals surface area (Å²) in [4.78, 5) is 27.6. The standard InChI is InChI=1S/C20H30N8O/c1-26-9-11-27(12-10-26)15-6-5-14(17(21)29)13-16(15)28-19(23)24-18(22)25-20(28)7-3-2-4-8-20/h5-6,13H,2-4,7-12H2,1H3,(H2,21,29)(H4,22,23,24,25). The van der Waals surface area contributed by atoms with Crippen molar-refractivity contribution in [3.8, 4) is 0 Å². The van der Waals surface area contributed by atoms with Gasteiger partial charge in [0, 0.05) is 31.7 Å². The summed E-state index contributed by atoms with van der Waals surface area (Å²) in [5.74, 6) is 0.0636. The topological polar surface area (TPSA) is 130 Å². The monoisotopic (exact) mass is 398 g/mol. The quantitative estimate of drug-likeness (QED) is 0.685. The summed E-state index contributed by atoms with van der Waals surface area (Å²) in [5.41, 5.74) is 19.8. The number of nitrogens with zero attached hydrogens (tertiary/aromatic N) is 5. The third kappa shape index (κ3) is 3.62. The van der Waals surface area contributed by atoms with E-state index in [4.69, 9.17) is 22.2 Å². The minimum Gasteiger partial charge on any atom is -0.369 e. The molecule has 0 radical (unpaired) electrons. The molecule has 1 aliphatic carbocycles. The predicted octanol–water partition coefficient (Wildman–Crippen LogP) is 0.647. The summed E-state index contributed by atoms with van der Waals surface area (Å²) in [5, 5.41) is 0. The van der Waals surface area contributed by atoms with Crippen LogP contribution in [-0.4, -0.2) is 61.6 Å². The van der Waals surface area contributed by atoms with Gasteiger partial charge in [0.1, 0.15) is 5.66 Å². The molecule has 2 aliphatic heterocycles.